The predicted octanol–water partition coefficient (Wildman–Crippen LogP) is 1.23. The van der Waals surface area contributed by atoms with E-state index in [4.69, 9.17) is 9.39 Å². The fourth-order valence-corrected chi connectivity index (χ4v) is 1.10. The third-order valence-electron chi connectivity index (χ3n) is 0.885. The van der Waals surface area contributed by atoms with Gasteiger partial charge in [0.25, 0.3) is 0 Å². The van der Waals surface area contributed by atoms with Crippen molar-refractivity contribution in [1.82, 2.24) is 0 Å². The molecule has 8 heavy (non-hydrogen) atoms. The molecule has 0 aromatic heterocycles. The van der Waals surface area contributed by atoms with Crippen LogP contribution in [0.25, 0.3) is 0 Å². The molecule has 1 saturated heterocycles. The molecule has 3 nitrogen and oxygen atoms in total. The quantitative estimate of drug-likeness (QED) is 0.307. The lowest BCUT2D eigenvalue weighted by Gasteiger charge is -2.08. The van der Waals surface area contributed by atoms with Crippen LogP contribution in [0.2, 0.25) is 0 Å². The van der Waals surface area contributed by atoms with Gasteiger partial charge < -0.3 is 9.39 Å². The Balaban J connectivity index is 2.33. The Morgan fingerprint density at radius 2 is 2.62 bits per heavy atom. The lowest BCUT2D eigenvalue weighted by Crippen LogP contribution is -2.03. The topological polar surface area (TPSA) is 41.8 Å². The molecule has 0 aliphatic carbocycles. The molecule has 0 aromatic rings. The Bertz CT molecular complexity index is 96.2. The summed E-state index contributed by atoms with van der Waals surface area (Å²) in [7, 11) is 0. The van der Waals surface area contributed by atoms with Crippen molar-refractivity contribution in [3.8, 4) is 0 Å². The van der Waals surface area contributed by atoms with Gasteiger partial charge in [-0.25, -0.2) is 0 Å². The first-order valence-electron chi connectivity index (χ1n) is 2.44. The molecule has 1 rings (SSSR count). The lowest BCUT2D eigenvalue weighted by atomic mass is 10.3. The highest BCUT2D eigenvalue weighted by molar-refractivity contribution is 8.09. The molecule has 0 saturated carbocycles. The molecule has 0 spiro atoms. The van der Waals surface area contributed by atoms with Crippen LogP contribution in [0.5, 0.6) is 0 Å². The third kappa shape index (κ3) is 1.38. The van der Waals surface area contributed by atoms with Crippen LogP contribution in [0, 0.1) is 0 Å². The van der Waals surface area contributed by atoms with Gasteiger partial charge in [-0.1, -0.05) is 5.16 Å². The van der Waals surface area contributed by atoms with E-state index in [2.05, 4.69) is 5.16 Å². The molecule has 0 atom stereocenters. The van der Waals surface area contributed by atoms with E-state index < -0.39 is 0 Å². The molecule has 4 heteroatoms. The van der Waals surface area contributed by atoms with Gasteiger partial charge in [0.05, 0.1) is 6.61 Å². The minimum Gasteiger partial charge on any atom is -0.410 e. The highest BCUT2D eigenvalue weighted by Gasteiger charge is 2.07. The highest BCUT2D eigenvalue weighted by atomic mass is 32.2. The van der Waals surface area contributed by atoms with Crippen molar-refractivity contribution >= 4 is 17.1 Å². The van der Waals surface area contributed by atoms with Gasteiger partial charge in [-0.2, -0.15) is 0 Å². The number of hydrogen-bond donors (Lipinski definition) is 1. The summed E-state index contributed by atoms with van der Waals surface area (Å²) in [6.45, 7) is 0.768. The Morgan fingerprint density at radius 1 is 1.75 bits per heavy atom. The molecular formula is C4H7NO2S. The maximum atomic E-state index is 8.18. The predicted molar refractivity (Wildman–Crippen MR) is 32.0 cm³/mol. The molecule has 1 N–H and O–H groups in total. The van der Waals surface area contributed by atoms with Crippen molar-refractivity contribution in [3.63, 3.8) is 0 Å². The minimum atomic E-state index is 0.677. The van der Waals surface area contributed by atoms with Crippen molar-refractivity contribution in [1.29, 1.82) is 0 Å². The van der Waals surface area contributed by atoms with Crippen molar-refractivity contribution in [2.24, 2.45) is 5.16 Å². The average molecular weight is 133 g/mol. The molecule has 0 unspecified atom stereocenters. The van der Waals surface area contributed by atoms with E-state index in [1.165, 1.54) is 0 Å². The number of rotatable bonds is 0. The summed E-state index contributed by atoms with van der Waals surface area (Å²) in [4.78, 5) is 0. The van der Waals surface area contributed by atoms with Crippen LogP contribution in [-0.4, -0.2) is 16.9 Å². The largest absolute Gasteiger partial charge is 0.410 e. The molecule has 46 valence electrons. The zero-order valence-corrected chi connectivity index (χ0v) is 5.15. The van der Waals surface area contributed by atoms with Crippen LogP contribution in [0.3, 0.4) is 0 Å². The van der Waals surface area contributed by atoms with Crippen molar-refractivity contribution in [3.05, 3.63) is 0 Å². The second-order valence-electron chi connectivity index (χ2n) is 1.50. The second kappa shape index (κ2) is 2.94. The first kappa shape index (κ1) is 5.91. The highest BCUT2D eigenvalue weighted by Crippen LogP contribution is 2.16. The van der Waals surface area contributed by atoms with Crippen LogP contribution in [0.1, 0.15) is 12.8 Å². The van der Waals surface area contributed by atoms with E-state index in [1.54, 1.807) is 0 Å². The fourth-order valence-electron chi connectivity index (χ4n) is 0.500. The van der Waals surface area contributed by atoms with Gasteiger partial charge in [0, 0.05) is 18.5 Å². The number of oxime groups is 1. The maximum Gasteiger partial charge on any atom is 0.140 e. The minimum absolute atomic E-state index is 0.677. The first-order valence-corrected chi connectivity index (χ1v) is 3.18. The Kier molecular flexibility index (Phi) is 2.17. The van der Waals surface area contributed by atoms with Gasteiger partial charge in [-0.05, 0) is 6.42 Å². The van der Waals surface area contributed by atoms with Crippen LogP contribution in [-0.2, 0) is 4.18 Å². The zero-order chi connectivity index (χ0) is 5.82. The van der Waals surface area contributed by atoms with Gasteiger partial charge in [-0.15, -0.1) is 0 Å². The van der Waals surface area contributed by atoms with E-state index in [0.29, 0.717) is 5.04 Å². The van der Waals surface area contributed by atoms with Gasteiger partial charge in [0.15, 0.2) is 0 Å². The Labute approximate surface area is 51.9 Å². The van der Waals surface area contributed by atoms with Crippen LogP contribution >= 0.6 is 12.0 Å². The Hall–Kier alpha value is -0.220. The molecule has 1 aliphatic heterocycles. The van der Waals surface area contributed by atoms with Crippen LogP contribution < -0.4 is 0 Å². The SMILES string of the molecule is ON=C1CCCOS1. The van der Waals surface area contributed by atoms with E-state index in [-0.39, 0.29) is 0 Å². The monoisotopic (exact) mass is 133 g/mol. The summed E-state index contributed by atoms with van der Waals surface area (Å²) >= 11 is 1.16. The Morgan fingerprint density at radius 3 is 3.00 bits per heavy atom. The number of hydrogen-bond acceptors (Lipinski definition) is 4. The standard InChI is InChI=1S/C4H7NO2S/c6-5-4-2-1-3-7-8-4/h6H,1-3H2. The zero-order valence-electron chi connectivity index (χ0n) is 4.33. The lowest BCUT2D eigenvalue weighted by molar-refractivity contribution is 0.313. The molecular weight excluding hydrogens is 126 g/mol. The third-order valence-corrected chi connectivity index (χ3v) is 1.65. The average Bonchev–Trinajstić information content (AvgIpc) is 1.90. The van der Waals surface area contributed by atoms with Crippen LogP contribution in [0.15, 0.2) is 5.16 Å². The maximum absolute atomic E-state index is 8.18. The summed E-state index contributed by atoms with van der Waals surface area (Å²) in [5.41, 5.74) is 0. The van der Waals surface area contributed by atoms with Crippen molar-refractivity contribution < 1.29 is 9.39 Å². The molecule has 0 amide bonds. The van der Waals surface area contributed by atoms with E-state index in [9.17, 15) is 0 Å². The van der Waals surface area contributed by atoms with E-state index in [1.807, 2.05) is 0 Å². The molecule has 0 aromatic carbocycles. The smallest absolute Gasteiger partial charge is 0.140 e. The fraction of sp³-hybridized carbons (Fsp3) is 0.750. The number of nitrogens with zero attached hydrogens (tertiary/aromatic N) is 1. The van der Waals surface area contributed by atoms with Gasteiger partial charge >= 0.3 is 0 Å². The molecule has 1 fully saturated rings. The molecule has 1 aliphatic rings. The summed E-state index contributed by atoms with van der Waals surface area (Å²) < 4.78 is 4.90. The summed E-state index contributed by atoms with van der Waals surface area (Å²) in [5, 5.41) is 11.9. The molecule has 1 heterocycles. The van der Waals surface area contributed by atoms with Crippen molar-refractivity contribution in [2.75, 3.05) is 6.61 Å². The van der Waals surface area contributed by atoms with Crippen LogP contribution in [0.4, 0.5) is 0 Å². The van der Waals surface area contributed by atoms with Gasteiger partial charge in [0.1, 0.15) is 5.04 Å². The second-order valence-corrected chi connectivity index (χ2v) is 2.38. The summed E-state index contributed by atoms with van der Waals surface area (Å²) in [6.07, 6.45) is 1.81. The normalized spacial score (nSPS) is 26.2. The summed E-state index contributed by atoms with van der Waals surface area (Å²) in [6, 6.07) is 0. The molecule has 0 bridgehead atoms. The molecule has 0 radical (unpaired) electrons. The van der Waals surface area contributed by atoms with E-state index >= 15 is 0 Å². The summed E-state index contributed by atoms with van der Waals surface area (Å²) in [5.74, 6) is 0. The van der Waals surface area contributed by atoms with Crippen molar-refractivity contribution in [2.45, 2.75) is 12.8 Å². The van der Waals surface area contributed by atoms with Gasteiger partial charge in [0.2, 0.25) is 0 Å². The van der Waals surface area contributed by atoms with E-state index in [0.717, 1.165) is 31.5 Å². The first-order chi connectivity index (χ1) is 3.93. The van der Waals surface area contributed by atoms with Gasteiger partial charge in [-0.3, -0.25) is 0 Å².